The molecular weight excluding hydrogens is 222 g/mol. The topological polar surface area (TPSA) is 74.6 Å². The molecule has 0 aromatic rings. The summed E-state index contributed by atoms with van der Waals surface area (Å²) < 4.78 is 0. The van der Waals surface area contributed by atoms with E-state index in [1.54, 1.807) is 20.8 Å². The average molecular weight is 238 g/mol. The Morgan fingerprint density at radius 3 is 1.21 bits per heavy atom. The van der Waals surface area contributed by atoms with Gasteiger partial charge in [0.2, 0.25) is 0 Å². The molecule has 0 aliphatic heterocycles. The first kappa shape index (κ1) is 20.9. The van der Waals surface area contributed by atoms with Crippen LogP contribution in [0.15, 0.2) is 0 Å². The van der Waals surface area contributed by atoms with Crippen molar-refractivity contribution in [2.75, 3.05) is 0 Å². The SMILES string of the molecule is CC(C)(C)C(C)(C(=O)O)C(=O)O.[H-].[H-].[K+].[Na+]. The van der Waals surface area contributed by atoms with Crippen molar-refractivity contribution < 1.29 is 104 Å². The number of hydrogen-bond acceptors (Lipinski definition) is 2. The second-order valence-electron chi connectivity index (χ2n) is 3.99. The van der Waals surface area contributed by atoms with Gasteiger partial charge in [0.1, 0.15) is 0 Å². The summed E-state index contributed by atoms with van der Waals surface area (Å²) in [6.07, 6.45) is 0. The minimum absolute atomic E-state index is 0. The molecular formula is C8H16KNaO4. The van der Waals surface area contributed by atoms with Crippen molar-refractivity contribution in [1.82, 2.24) is 0 Å². The van der Waals surface area contributed by atoms with E-state index in [4.69, 9.17) is 10.2 Å². The van der Waals surface area contributed by atoms with Crippen LogP contribution >= 0.6 is 0 Å². The predicted molar refractivity (Wildman–Crippen MR) is 45.1 cm³/mol. The first-order valence-corrected chi connectivity index (χ1v) is 3.61. The minimum atomic E-state index is -1.73. The van der Waals surface area contributed by atoms with Crippen LogP contribution in [0.25, 0.3) is 0 Å². The number of hydrogen-bond donors (Lipinski definition) is 2. The van der Waals surface area contributed by atoms with Gasteiger partial charge in [-0.15, -0.1) is 0 Å². The van der Waals surface area contributed by atoms with Crippen molar-refractivity contribution in [2.45, 2.75) is 27.7 Å². The van der Waals surface area contributed by atoms with Gasteiger partial charge in [0, 0.05) is 0 Å². The third-order valence-corrected chi connectivity index (χ3v) is 2.36. The van der Waals surface area contributed by atoms with Crippen LogP contribution in [0.2, 0.25) is 0 Å². The number of aliphatic carboxylic acids is 2. The van der Waals surface area contributed by atoms with Crippen molar-refractivity contribution in [3.05, 3.63) is 0 Å². The van der Waals surface area contributed by atoms with Gasteiger partial charge in [-0.2, -0.15) is 0 Å². The number of carbonyl (C=O) groups is 2. The molecule has 0 bridgehead atoms. The van der Waals surface area contributed by atoms with Gasteiger partial charge in [-0.25, -0.2) is 0 Å². The van der Waals surface area contributed by atoms with Crippen molar-refractivity contribution >= 4 is 11.9 Å². The summed E-state index contributed by atoms with van der Waals surface area (Å²) in [4.78, 5) is 21.5. The van der Waals surface area contributed by atoms with Crippen LogP contribution in [0.4, 0.5) is 0 Å². The molecule has 2 N–H and O–H groups in total. The van der Waals surface area contributed by atoms with E-state index in [0.29, 0.717) is 0 Å². The fourth-order valence-electron chi connectivity index (χ4n) is 0.733. The second-order valence-corrected chi connectivity index (χ2v) is 3.99. The molecule has 0 radical (unpaired) electrons. The van der Waals surface area contributed by atoms with Gasteiger partial charge in [-0.3, -0.25) is 9.59 Å². The van der Waals surface area contributed by atoms with Crippen molar-refractivity contribution in [3.8, 4) is 0 Å². The molecule has 0 aliphatic rings. The maximum atomic E-state index is 10.7. The Morgan fingerprint density at radius 1 is 1.00 bits per heavy atom. The molecule has 0 rings (SSSR count). The zero-order valence-electron chi connectivity index (χ0n) is 11.7. The van der Waals surface area contributed by atoms with E-state index in [9.17, 15) is 9.59 Å². The molecule has 0 saturated carbocycles. The Kier molecular flexibility index (Phi) is 10.5. The molecule has 0 aliphatic carbocycles. The minimum Gasteiger partial charge on any atom is -1.00 e. The Hall–Kier alpha value is 1.58. The molecule has 0 spiro atoms. The van der Waals surface area contributed by atoms with Gasteiger partial charge < -0.3 is 13.1 Å². The third kappa shape index (κ3) is 4.21. The predicted octanol–water partition coefficient (Wildman–Crippen LogP) is -4.56. The normalized spacial score (nSPS) is 10.9. The average Bonchev–Trinajstić information content (AvgIpc) is 1.82. The summed E-state index contributed by atoms with van der Waals surface area (Å²) in [5.74, 6) is -2.61. The molecule has 6 heteroatoms. The van der Waals surface area contributed by atoms with E-state index < -0.39 is 22.8 Å². The van der Waals surface area contributed by atoms with Crippen LogP contribution in [0.3, 0.4) is 0 Å². The monoisotopic (exact) mass is 238 g/mol. The van der Waals surface area contributed by atoms with E-state index in [0.717, 1.165) is 0 Å². The first-order valence-electron chi connectivity index (χ1n) is 3.61. The van der Waals surface area contributed by atoms with Gasteiger partial charge in [-0.1, -0.05) is 20.8 Å². The van der Waals surface area contributed by atoms with E-state index in [-0.39, 0.29) is 83.8 Å². The Balaban J connectivity index is -0.000000101. The van der Waals surface area contributed by atoms with Crippen molar-refractivity contribution in [3.63, 3.8) is 0 Å². The molecule has 74 valence electrons. The molecule has 0 fully saturated rings. The fraction of sp³-hybridized carbons (Fsp3) is 0.750. The van der Waals surface area contributed by atoms with Crippen LogP contribution in [0, 0.1) is 10.8 Å². The van der Waals surface area contributed by atoms with Crippen LogP contribution in [-0.2, 0) is 9.59 Å². The van der Waals surface area contributed by atoms with Gasteiger partial charge in [0.15, 0.2) is 5.41 Å². The van der Waals surface area contributed by atoms with Crippen LogP contribution in [0.1, 0.15) is 30.5 Å². The molecule has 4 nitrogen and oxygen atoms in total. The van der Waals surface area contributed by atoms with Crippen LogP contribution < -0.4 is 80.9 Å². The summed E-state index contributed by atoms with van der Waals surface area (Å²) >= 11 is 0. The summed E-state index contributed by atoms with van der Waals surface area (Å²) in [6, 6.07) is 0. The molecule has 0 aromatic heterocycles. The summed E-state index contributed by atoms with van der Waals surface area (Å²) in [7, 11) is 0. The molecule has 14 heavy (non-hydrogen) atoms. The molecule has 0 unspecified atom stereocenters. The maximum absolute atomic E-state index is 10.7. The molecule has 0 heterocycles. The maximum Gasteiger partial charge on any atom is 1.00 e. The van der Waals surface area contributed by atoms with Crippen LogP contribution in [0.5, 0.6) is 0 Å². The summed E-state index contributed by atoms with van der Waals surface area (Å²) in [5.41, 5.74) is -2.53. The van der Waals surface area contributed by atoms with Gasteiger partial charge in [0.05, 0.1) is 0 Å². The van der Waals surface area contributed by atoms with E-state index in [1.807, 2.05) is 0 Å². The van der Waals surface area contributed by atoms with E-state index in [1.165, 1.54) is 6.92 Å². The zero-order valence-corrected chi connectivity index (χ0v) is 14.8. The second kappa shape index (κ2) is 7.01. The number of carboxylic acid groups (broad SMARTS) is 2. The van der Waals surface area contributed by atoms with Gasteiger partial charge in [-0.05, 0) is 12.3 Å². The quantitative estimate of drug-likeness (QED) is 0.375. The molecule has 0 saturated heterocycles. The Labute approximate surface area is 152 Å². The summed E-state index contributed by atoms with van der Waals surface area (Å²) in [5, 5.41) is 17.5. The zero-order chi connectivity index (χ0) is 10.2. The van der Waals surface area contributed by atoms with Crippen molar-refractivity contribution in [2.24, 2.45) is 10.8 Å². The first-order chi connectivity index (χ1) is 5.14. The molecule has 0 aromatic carbocycles. The van der Waals surface area contributed by atoms with Crippen LogP contribution in [-0.4, -0.2) is 22.2 Å². The smallest absolute Gasteiger partial charge is 1.00 e. The molecule has 0 amide bonds. The Morgan fingerprint density at radius 2 is 1.21 bits per heavy atom. The fourth-order valence-corrected chi connectivity index (χ4v) is 0.733. The third-order valence-electron chi connectivity index (χ3n) is 2.36. The summed E-state index contributed by atoms with van der Waals surface area (Å²) in [6.45, 7) is 6.00. The Bertz CT molecular complexity index is 217. The van der Waals surface area contributed by atoms with E-state index >= 15 is 0 Å². The van der Waals surface area contributed by atoms with E-state index in [2.05, 4.69) is 0 Å². The largest absolute Gasteiger partial charge is 1.00 e. The van der Waals surface area contributed by atoms with Gasteiger partial charge >= 0.3 is 92.9 Å². The van der Waals surface area contributed by atoms with Crippen molar-refractivity contribution in [1.29, 1.82) is 0 Å². The molecule has 0 atom stereocenters. The standard InChI is InChI=1S/C8H14O4.K.Na.2H/c1-7(2,3)8(4,5(9)10)6(11)12;;;;/h1-4H3,(H,9,10)(H,11,12);;;;/q;2*+1;2*-1. The number of rotatable bonds is 2. The van der Waals surface area contributed by atoms with Gasteiger partial charge in [0.25, 0.3) is 0 Å². The number of carboxylic acids is 2.